The van der Waals surface area contributed by atoms with Crippen molar-refractivity contribution < 1.29 is 4.79 Å². The Kier molecular flexibility index (Phi) is 8.92. The standard InChI is InChI=1S/C21H24ClN5O.2ClH/c1-2-26-11-5-8-17(26)13-24-19(28)14-27-20(15-6-3-7-16(22)12-15)25-18-9-4-10-23-21(18)27;;/h3-4,6-7,9-10,12,17H,2,5,8,11,13-14H2,1H3,(H,24,28);2*1H. The van der Waals surface area contributed by atoms with Gasteiger partial charge in [-0.3, -0.25) is 14.3 Å². The van der Waals surface area contributed by atoms with Crippen LogP contribution in [0.4, 0.5) is 0 Å². The van der Waals surface area contributed by atoms with Gasteiger partial charge in [-0.15, -0.1) is 24.8 Å². The number of nitrogens with zero attached hydrogens (tertiary/aromatic N) is 4. The molecule has 1 N–H and O–H groups in total. The first-order chi connectivity index (χ1) is 13.7. The predicted octanol–water partition coefficient (Wildman–Crippen LogP) is 4.20. The van der Waals surface area contributed by atoms with E-state index in [2.05, 4.69) is 22.1 Å². The Labute approximate surface area is 193 Å². The second-order valence-corrected chi connectivity index (χ2v) is 7.54. The van der Waals surface area contributed by atoms with E-state index >= 15 is 0 Å². The van der Waals surface area contributed by atoms with Crippen molar-refractivity contribution in [3.63, 3.8) is 0 Å². The molecule has 2 aromatic heterocycles. The number of pyridine rings is 1. The largest absolute Gasteiger partial charge is 0.353 e. The van der Waals surface area contributed by atoms with Gasteiger partial charge in [0, 0.05) is 29.4 Å². The summed E-state index contributed by atoms with van der Waals surface area (Å²) in [5.74, 6) is 0.665. The van der Waals surface area contributed by atoms with Gasteiger partial charge >= 0.3 is 0 Å². The number of likely N-dealkylation sites (tertiary alicyclic amines) is 1. The molecule has 1 aliphatic heterocycles. The van der Waals surface area contributed by atoms with Gasteiger partial charge in [-0.05, 0) is 50.2 Å². The molecule has 0 spiro atoms. The van der Waals surface area contributed by atoms with Crippen molar-refractivity contribution in [3.05, 3.63) is 47.6 Å². The summed E-state index contributed by atoms with van der Waals surface area (Å²) in [6, 6.07) is 11.7. The number of rotatable bonds is 6. The van der Waals surface area contributed by atoms with Crippen molar-refractivity contribution in [2.24, 2.45) is 0 Å². The molecule has 9 heteroatoms. The lowest BCUT2D eigenvalue weighted by atomic mass is 10.2. The van der Waals surface area contributed by atoms with E-state index in [9.17, 15) is 4.79 Å². The van der Waals surface area contributed by atoms with Crippen molar-refractivity contribution in [2.45, 2.75) is 32.4 Å². The van der Waals surface area contributed by atoms with E-state index in [4.69, 9.17) is 16.6 Å². The highest BCUT2D eigenvalue weighted by Crippen LogP contribution is 2.25. The number of aromatic nitrogens is 3. The summed E-state index contributed by atoms with van der Waals surface area (Å²) >= 11 is 6.16. The zero-order chi connectivity index (χ0) is 19.5. The van der Waals surface area contributed by atoms with Crippen LogP contribution in [-0.2, 0) is 11.3 Å². The van der Waals surface area contributed by atoms with Gasteiger partial charge < -0.3 is 5.32 Å². The van der Waals surface area contributed by atoms with Crippen LogP contribution in [0, 0.1) is 0 Å². The molecule has 6 nitrogen and oxygen atoms in total. The Bertz CT molecular complexity index is 994. The quantitative estimate of drug-likeness (QED) is 0.586. The van der Waals surface area contributed by atoms with Crippen LogP contribution in [0.5, 0.6) is 0 Å². The van der Waals surface area contributed by atoms with Crippen LogP contribution in [0.1, 0.15) is 19.8 Å². The maximum Gasteiger partial charge on any atom is 0.240 e. The predicted molar refractivity (Wildman–Crippen MR) is 126 cm³/mol. The lowest BCUT2D eigenvalue weighted by Gasteiger charge is -2.23. The van der Waals surface area contributed by atoms with Crippen LogP contribution in [0.3, 0.4) is 0 Å². The molecule has 3 heterocycles. The summed E-state index contributed by atoms with van der Waals surface area (Å²) in [7, 11) is 0. The molecule has 0 aliphatic carbocycles. The number of nitrogens with one attached hydrogen (secondary N) is 1. The third-order valence-electron chi connectivity index (χ3n) is 5.33. The van der Waals surface area contributed by atoms with Gasteiger partial charge in [-0.2, -0.15) is 0 Å². The van der Waals surface area contributed by atoms with Crippen molar-refractivity contribution in [1.29, 1.82) is 0 Å². The fourth-order valence-electron chi connectivity index (χ4n) is 3.93. The molecule has 1 amide bonds. The molecular formula is C21H26Cl3N5O. The van der Waals surface area contributed by atoms with Crippen molar-refractivity contribution in [1.82, 2.24) is 24.8 Å². The van der Waals surface area contributed by atoms with Crippen molar-refractivity contribution in [2.75, 3.05) is 19.6 Å². The van der Waals surface area contributed by atoms with E-state index in [1.807, 2.05) is 41.0 Å². The highest BCUT2D eigenvalue weighted by atomic mass is 35.5. The molecule has 1 unspecified atom stereocenters. The molecule has 1 aromatic carbocycles. The number of amides is 1. The Morgan fingerprint density at radius 1 is 1.27 bits per heavy atom. The Balaban J connectivity index is 0.00000160. The van der Waals surface area contributed by atoms with E-state index in [1.165, 1.54) is 6.42 Å². The van der Waals surface area contributed by atoms with E-state index in [1.54, 1.807) is 6.20 Å². The van der Waals surface area contributed by atoms with Crippen LogP contribution in [-0.4, -0.2) is 51.0 Å². The van der Waals surface area contributed by atoms with E-state index in [0.717, 1.165) is 30.6 Å². The minimum atomic E-state index is -0.0313. The lowest BCUT2D eigenvalue weighted by Crippen LogP contribution is -2.41. The smallest absolute Gasteiger partial charge is 0.240 e. The maximum atomic E-state index is 12.7. The highest BCUT2D eigenvalue weighted by Gasteiger charge is 2.23. The number of imidazole rings is 1. The average Bonchev–Trinajstić information content (AvgIpc) is 3.31. The molecule has 1 saturated heterocycles. The minimum Gasteiger partial charge on any atom is -0.353 e. The number of fused-ring (bicyclic) bond motifs is 1. The van der Waals surface area contributed by atoms with Gasteiger partial charge in [0.2, 0.25) is 5.91 Å². The fourth-order valence-corrected chi connectivity index (χ4v) is 4.12. The maximum absolute atomic E-state index is 12.7. The number of likely N-dealkylation sites (N-methyl/N-ethyl adjacent to an activating group) is 1. The van der Waals surface area contributed by atoms with Gasteiger partial charge in [0.1, 0.15) is 17.9 Å². The normalized spacial score (nSPS) is 16.1. The number of benzene rings is 1. The molecule has 1 aliphatic rings. The number of carbonyl (C=O) groups excluding carboxylic acids is 1. The van der Waals surface area contributed by atoms with E-state index < -0.39 is 0 Å². The molecule has 3 aromatic rings. The topological polar surface area (TPSA) is 63.1 Å². The molecule has 1 atom stereocenters. The summed E-state index contributed by atoms with van der Waals surface area (Å²) in [4.78, 5) is 24.3. The SMILES string of the molecule is CCN1CCCC1CNC(=O)Cn1c(-c2cccc(Cl)c2)nc2cccnc21.Cl.Cl. The third kappa shape index (κ3) is 5.24. The van der Waals surface area contributed by atoms with Gasteiger partial charge in [-0.1, -0.05) is 30.7 Å². The second kappa shape index (κ2) is 11.0. The van der Waals surface area contributed by atoms with Gasteiger partial charge in [0.15, 0.2) is 5.65 Å². The molecule has 0 radical (unpaired) electrons. The van der Waals surface area contributed by atoms with E-state index in [-0.39, 0.29) is 37.3 Å². The average molecular weight is 471 g/mol. The zero-order valence-corrected chi connectivity index (χ0v) is 19.1. The first kappa shape index (κ1) is 24.4. The first-order valence-corrected chi connectivity index (χ1v) is 10.1. The Morgan fingerprint density at radius 2 is 2.10 bits per heavy atom. The van der Waals surface area contributed by atoms with Gasteiger partial charge in [0.05, 0.1) is 0 Å². The monoisotopic (exact) mass is 469 g/mol. The van der Waals surface area contributed by atoms with Crippen LogP contribution < -0.4 is 5.32 Å². The Morgan fingerprint density at radius 3 is 2.87 bits per heavy atom. The van der Waals surface area contributed by atoms with Crippen molar-refractivity contribution in [3.8, 4) is 11.4 Å². The molecule has 30 heavy (non-hydrogen) atoms. The van der Waals surface area contributed by atoms with Gasteiger partial charge in [0.25, 0.3) is 0 Å². The summed E-state index contributed by atoms with van der Waals surface area (Å²) in [5, 5.41) is 3.73. The molecule has 4 rings (SSSR count). The number of hydrogen-bond donors (Lipinski definition) is 1. The fraction of sp³-hybridized carbons (Fsp3) is 0.381. The van der Waals surface area contributed by atoms with Crippen molar-refractivity contribution >= 4 is 53.5 Å². The second-order valence-electron chi connectivity index (χ2n) is 7.11. The lowest BCUT2D eigenvalue weighted by molar-refractivity contribution is -0.121. The minimum absolute atomic E-state index is 0. The van der Waals surface area contributed by atoms with Crippen LogP contribution in [0.25, 0.3) is 22.6 Å². The molecule has 0 saturated carbocycles. The Hall–Kier alpha value is -1.86. The number of carbonyl (C=O) groups is 1. The van der Waals surface area contributed by atoms with Gasteiger partial charge in [-0.25, -0.2) is 9.97 Å². The summed E-state index contributed by atoms with van der Waals surface area (Å²) in [5.41, 5.74) is 2.33. The number of halogens is 3. The van der Waals surface area contributed by atoms with Crippen LogP contribution in [0.15, 0.2) is 42.6 Å². The van der Waals surface area contributed by atoms with Crippen LogP contribution >= 0.6 is 36.4 Å². The summed E-state index contributed by atoms with van der Waals surface area (Å²) < 4.78 is 1.86. The third-order valence-corrected chi connectivity index (χ3v) is 5.56. The van der Waals surface area contributed by atoms with E-state index in [0.29, 0.717) is 29.1 Å². The molecule has 1 fully saturated rings. The zero-order valence-electron chi connectivity index (χ0n) is 16.8. The summed E-state index contributed by atoms with van der Waals surface area (Å²) in [6.07, 6.45) is 4.05. The first-order valence-electron chi connectivity index (χ1n) is 9.73. The van der Waals surface area contributed by atoms with Crippen LogP contribution in [0.2, 0.25) is 5.02 Å². The summed E-state index contributed by atoms with van der Waals surface area (Å²) in [6.45, 7) is 5.16. The molecule has 0 bridgehead atoms. The molecular weight excluding hydrogens is 445 g/mol. The number of hydrogen-bond acceptors (Lipinski definition) is 4. The highest BCUT2D eigenvalue weighted by molar-refractivity contribution is 6.30. The molecule has 162 valence electrons.